The molecular formula is C16H11ClN2O4. The van der Waals surface area contributed by atoms with E-state index in [1.807, 2.05) is 6.07 Å². The van der Waals surface area contributed by atoms with Gasteiger partial charge in [-0.15, -0.1) is 0 Å². The zero-order chi connectivity index (χ0) is 16.4. The molecule has 3 aromatic rings. The molecule has 0 spiro atoms. The standard InChI is InChI=1S/C16H11ClN2O4/c1-22-10-2-4-12-14(9-10)18-7-6-16(12)23-11-3-5-15(19(20)21)13(17)8-11/h2-9H,1H3. The number of nitro groups is 1. The minimum absolute atomic E-state index is 0.0209. The van der Waals surface area contributed by atoms with E-state index < -0.39 is 4.92 Å². The summed E-state index contributed by atoms with van der Waals surface area (Å²) in [5, 5.41) is 11.6. The number of hydrogen-bond donors (Lipinski definition) is 0. The second-order valence-corrected chi connectivity index (χ2v) is 5.07. The summed E-state index contributed by atoms with van der Waals surface area (Å²) in [5.74, 6) is 1.67. The zero-order valence-electron chi connectivity index (χ0n) is 12.0. The SMILES string of the molecule is COc1ccc2c(Oc3ccc([N+](=O)[O-])c(Cl)c3)ccnc2c1. The summed E-state index contributed by atoms with van der Waals surface area (Å²) in [5.41, 5.74) is 0.554. The lowest BCUT2D eigenvalue weighted by Gasteiger charge is -2.09. The summed E-state index contributed by atoms with van der Waals surface area (Å²) >= 11 is 5.90. The molecule has 0 unspecified atom stereocenters. The number of methoxy groups -OCH3 is 1. The van der Waals surface area contributed by atoms with Crippen LogP contribution in [-0.2, 0) is 0 Å². The molecular weight excluding hydrogens is 320 g/mol. The minimum atomic E-state index is -0.541. The van der Waals surface area contributed by atoms with Gasteiger partial charge in [0, 0.05) is 29.8 Å². The van der Waals surface area contributed by atoms with Gasteiger partial charge in [0.15, 0.2) is 0 Å². The highest BCUT2D eigenvalue weighted by atomic mass is 35.5. The maximum atomic E-state index is 10.8. The van der Waals surface area contributed by atoms with E-state index >= 15 is 0 Å². The lowest BCUT2D eigenvalue weighted by molar-refractivity contribution is -0.384. The van der Waals surface area contributed by atoms with E-state index in [2.05, 4.69) is 4.98 Å². The Bertz CT molecular complexity index is 898. The van der Waals surface area contributed by atoms with Crippen molar-refractivity contribution in [1.82, 2.24) is 4.98 Å². The topological polar surface area (TPSA) is 74.5 Å². The summed E-state index contributed by atoms with van der Waals surface area (Å²) in [6.07, 6.45) is 1.62. The largest absolute Gasteiger partial charge is 0.497 e. The van der Waals surface area contributed by atoms with Crippen molar-refractivity contribution in [2.45, 2.75) is 0 Å². The van der Waals surface area contributed by atoms with Crippen molar-refractivity contribution in [3.8, 4) is 17.2 Å². The third-order valence-electron chi connectivity index (χ3n) is 3.25. The number of rotatable bonds is 4. The van der Waals surface area contributed by atoms with Crippen molar-refractivity contribution in [2.75, 3.05) is 7.11 Å². The molecule has 0 atom stereocenters. The first kappa shape index (κ1) is 15.1. The average Bonchev–Trinajstić information content (AvgIpc) is 2.54. The smallest absolute Gasteiger partial charge is 0.288 e. The Balaban J connectivity index is 1.98. The lowest BCUT2D eigenvalue weighted by Crippen LogP contribution is -1.91. The van der Waals surface area contributed by atoms with Crippen LogP contribution in [0.5, 0.6) is 17.2 Å². The van der Waals surface area contributed by atoms with E-state index in [-0.39, 0.29) is 10.7 Å². The predicted octanol–water partition coefficient (Wildman–Crippen LogP) is 4.60. The molecule has 0 amide bonds. The molecule has 2 aromatic carbocycles. The Morgan fingerprint density at radius 2 is 1.91 bits per heavy atom. The maximum absolute atomic E-state index is 10.8. The van der Waals surface area contributed by atoms with Crippen molar-refractivity contribution in [1.29, 1.82) is 0 Å². The Morgan fingerprint density at radius 3 is 2.61 bits per heavy atom. The monoisotopic (exact) mass is 330 g/mol. The van der Waals surface area contributed by atoms with Gasteiger partial charge in [-0.05, 0) is 24.3 Å². The van der Waals surface area contributed by atoms with Crippen LogP contribution < -0.4 is 9.47 Å². The second-order valence-electron chi connectivity index (χ2n) is 4.66. The molecule has 0 fully saturated rings. The van der Waals surface area contributed by atoms with Crippen LogP contribution in [0.1, 0.15) is 0 Å². The number of hydrogen-bond acceptors (Lipinski definition) is 5. The van der Waals surface area contributed by atoms with Gasteiger partial charge in [0.25, 0.3) is 5.69 Å². The number of nitrogens with zero attached hydrogens (tertiary/aromatic N) is 2. The Kier molecular flexibility index (Phi) is 3.99. The predicted molar refractivity (Wildman–Crippen MR) is 86.5 cm³/mol. The van der Waals surface area contributed by atoms with Gasteiger partial charge in [-0.2, -0.15) is 0 Å². The number of benzene rings is 2. The van der Waals surface area contributed by atoms with Gasteiger partial charge in [-0.1, -0.05) is 11.6 Å². The van der Waals surface area contributed by atoms with E-state index in [0.717, 1.165) is 10.9 Å². The van der Waals surface area contributed by atoms with E-state index in [9.17, 15) is 10.1 Å². The Morgan fingerprint density at radius 1 is 1.13 bits per heavy atom. The summed E-state index contributed by atoms with van der Waals surface area (Å²) in [6, 6.07) is 11.4. The molecule has 7 heteroatoms. The van der Waals surface area contributed by atoms with Crippen LogP contribution in [0, 0.1) is 10.1 Å². The number of pyridine rings is 1. The first-order chi connectivity index (χ1) is 11.1. The van der Waals surface area contributed by atoms with Crippen LogP contribution in [0.2, 0.25) is 5.02 Å². The summed E-state index contributed by atoms with van der Waals surface area (Å²) < 4.78 is 11.0. The van der Waals surface area contributed by atoms with Crippen molar-refractivity contribution in [3.05, 3.63) is 63.8 Å². The minimum Gasteiger partial charge on any atom is -0.497 e. The molecule has 0 aliphatic heterocycles. The molecule has 0 saturated carbocycles. The molecule has 1 aromatic heterocycles. The Hall–Kier alpha value is -2.86. The molecule has 0 saturated heterocycles. The molecule has 0 aliphatic carbocycles. The fourth-order valence-corrected chi connectivity index (χ4v) is 2.38. The van der Waals surface area contributed by atoms with Gasteiger partial charge in [-0.3, -0.25) is 15.1 Å². The summed E-state index contributed by atoms with van der Waals surface area (Å²) in [6.45, 7) is 0. The highest BCUT2D eigenvalue weighted by Gasteiger charge is 2.13. The fraction of sp³-hybridized carbons (Fsp3) is 0.0625. The van der Waals surface area contributed by atoms with Gasteiger partial charge in [0.1, 0.15) is 22.3 Å². The van der Waals surface area contributed by atoms with Crippen molar-refractivity contribution in [2.24, 2.45) is 0 Å². The van der Waals surface area contributed by atoms with Crippen LogP contribution >= 0.6 is 11.6 Å². The molecule has 0 radical (unpaired) electrons. The number of aromatic nitrogens is 1. The molecule has 6 nitrogen and oxygen atoms in total. The molecule has 3 rings (SSSR count). The molecule has 1 heterocycles. The van der Waals surface area contributed by atoms with Gasteiger partial charge in [-0.25, -0.2) is 0 Å². The summed E-state index contributed by atoms with van der Waals surface area (Å²) in [4.78, 5) is 14.5. The van der Waals surface area contributed by atoms with Crippen molar-refractivity contribution >= 4 is 28.2 Å². The zero-order valence-corrected chi connectivity index (χ0v) is 12.8. The van der Waals surface area contributed by atoms with E-state index in [0.29, 0.717) is 17.2 Å². The molecule has 0 bridgehead atoms. The highest BCUT2D eigenvalue weighted by molar-refractivity contribution is 6.32. The highest BCUT2D eigenvalue weighted by Crippen LogP contribution is 2.34. The average molecular weight is 331 g/mol. The van der Waals surface area contributed by atoms with Crippen molar-refractivity contribution < 1.29 is 14.4 Å². The van der Waals surface area contributed by atoms with Crippen LogP contribution in [0.3, 0.4) is 0 Å². The van der Waals surface area contributed by atoms with E-state index in [1.165, 1.54) is 18.2 Å². The Labute approximate surface area is 136 Å². The van der Waals surface area contributed by atoms with Crippen molar-refractivity contribution in [3.63, 3.8) is 0 Å². The quantitative estimate of drug-likeness (QED) is 0.516. The summed E-state index contributed by atoms with van der Waals surface area (Å²) in [7, 11) is 1.58. The first-order valence-electron chi connectivity index (χ1n) is 6.63. The van der Waals surface area contributed by atoms with Crippen LogP contribution in [0.25, 0.3) is 10.9 Å². The number of fused-ring (bicyclic) bond motifs is 1. The van der Waals surface area contributed by atoms with Crippen LogP contribution in [0.15, 0.2) is 48.7 Å². The number of ether oxygens (including phenoxy) is 2. The van der Waals surface area contributed by atoms with E-state index in [1.54, 1.807) is 31.5 Å². The third-order valence-corrected chi connectivity index (χ3v) is 3.56. The molecule has 116 valence electrons. The molecule has 23 heavy (non-hydrogen) atoms. The van der Waals surface area contributed by atoms with Crippen LogP contribution in [-0.4, -0.2) is 17.0 Å². The van der Waals surface area contributed by atoms with Gasteiger partial charge in [0.05, 0.1) is 17.5 Å². The third kappa shape index (κ3) is 3.02. The van der Waals surface area contributed by atoms with Gasteiger partial charge < -0.3 is 9.47 Å². The number of halogens is 1. The van der Waals surface area contributed by atoms with Crippen LogP contribution in [0.4, 0.5) is 5.69 Å². The number of nitro benzene ring substituents is 1. The lowest BCUT2D eigenvalue weighted by atomic mass is 10.2. The van der Waals surface area contributed by atoms with Gasteiger partial charge in [0.2, 0.25) is 0 Å². The van der Waals surface area contributed by atoms with Gasteiger partial charge >= 0.3 is 0 Å². The second kappa shape index (κ2) is 6.10. The first-order valence-corrected chi connectivity index (χ1v) is 7.01. The molecule has 0 N–H and O–H groups in total. The fourth-order valence-electron chi connectivity index (χ4n) is 2.14. The normalized spacial score (nSPS) is 10.5. The van der Waals surface area contributed by atoms with E-state index in [4.69, 9.17) is 21.1 Å². The molecule has 0 aliphatic rings. The maximum Gasteiger partial charge on any atom is 0.288 e.